The molecule has 7 nitrogen and oxygen atoms in total. The molecule has 1 fully saturated rings. The minimum atomic E-state index is -0.0976. The topological polar surface area (TPSA) is 88.3 Å². The summed E-state index contributed by atoms with van der Waals surface area (Å²) in [6.45, 7) is 6.95. The fourth-order valence-corrected chi connectivity index (χ4v) is 4.90. The fraction of sp³-hybridized carbons (Fsp3) is 0.400. The van der Waals surface area contributed by atoms with E-state index in [0.717, 1.165) is 34.3 Å². The van der Waals surface area contributed by atoms with Crippen molar-refractivity contribution in [2.75, 3.05) is 13.1 Å². The van der Waals surface area contributed by atoms with Crippen LogP contribution in [0, 0.1) is 20.8 Å². The van der Waals surface area contributed by atoms with Gasteiger partial charge in [0.15, 0.2) is 5.76 Å². The van der Waals surface area contributed by atoms with Crippen LogP contribution in [0.2, 0.25) is 0 Å². The molecule has 8 heteroatoms. The van der Waals surface area contributed by atoms with Crippen molar-refractivity contribution in [2.45, 2.75) is 39.7 Å². The van der Waals surface area contributed by atoms with Gasteiger partial charge in [-0.3, -0.25) is 9.59 Å². The van der Waals surface area contributed by atoms with Gasteiger partial charge in [0, 0.05) is 30.2 Å². The summed E-state index contributed by atoms with van der Waals surface area (Å²) in [5, 5.41) is 4.10. The van der Waals surface area contributed by atoms with E-state index in [0.29, 0.717) is 29.6 Å². The molecule has 4 rings (SSSR count). The summed E-state index contributed by atoms with van der Waals surface area (Å²) in [5.41, 5.74) is 1.83. The van der Waals surface area contributed by atoms with E-state index in [1.165, 1.54) is 17.6 Å². The average Bonchev–Trinajstić information content (AvgIpc) is 3.30. The molecular weight excluding hydrogens is 376 g/mol. The van der Waals surface area contributed by atoms with Gasteiger partial charge in [-0.25, -0.2) is 9.97 Å². The maximum atomic E-state index is 12.9. The summed E-state index contributed by atoms with van der Waals surface area (Å²) in [4.78, 5) is 37.4. The lowest BCUT2D eigenvalue weighted by molar-refractivity contribution is 0.0667. The minimum absolute atomic E-state index is 0.0479. The van der Waals surface area contributed by atoms with Crippen LogP contribution in [0.15, 0.2) is 22.8 Å². The Hall–Kier alpha value is -2.74. The minimum Gasteiger partial charge on any atom is -0.459 e. The number of nitrogens with one attached hydrogen (secondary N) is 1. The van der Waals surface area contributed by atoms with Crippen molar-refractivity contribution >= 4 is 33.4 Å². The van der Waals surface area contributed by atoms with Gasteiger partial charge in [-0.1, -0.05) is 0 Å². The number of carbonyl (C=O) groups is 2. The van der Waals surface area contributed by atoms with E-state index in [-0.39, 0.29) is 17.9 Å². The van der Waals surface area contributed by atoms with Gasteiger partial charge in [-0.2, -0.15) is 0 Å². The van der Waals surface area contributed by atoms with E-state index in [2.05, 4.69) is 15.3 Å². The van der Waals surface area contributed by atoms with Crippen LogP contribution < -0.4 is 5.32 Å². The molecule has 1 aliphatic heterocycles. The van der Waals surface area contributed by atoms with Crippen LogP contribution in [-0.2, 0) is 0 Å². The summed E-state index contributed by atoms with van der Waals surface area (Å²) in [5.74, 6) is 0.898. The predicted molar refractivity (Wildman–Crippen MR) is 107 cm³/mol. The molecule has 0 saturated carbocycles. The van der Waals surface area contributed by atoms with Gasteiger partial charge in [0.05, 0.1) is 11.1 Å². The Kier molecular flexibility index (Phi) is 4.89. The molecule has 0 atom stereocenters. The Bertz CT molecular complexity index is 1030. The van der Waals surface area contributed by atoms with Crippen molar-refractivity contribution in [1.82, 2.24) is 20.2 Å². The van der Waals surface area contributed by atoms with Crippen LogP contribution in [0.3, 0.4) is 0 Å². The molecule has 1 aliphatic rings. The maximum absolute atomic E-state index is 12.9. The highest BCUT2D eigenvalue weighted by atomic mass is 32.1. The molecule has 0 spiro atoms. The van der Waals surface area contributed by atoms with E-state index in [4.69, 9.17) is 4.42 Å². The Morgan fingerprint density at radius 1 is 1.21 bits per heavy atom. The monoisotopic (exact) mass is 398 g/mol. The Labute approximate surface area is 166 Å². The molecule has 1 N–H and O–H groups in total. The number of furan rings is 1. The lowest BCUT2D eigenvalue weighted by Crippen LogP contribution is -2.46. The van der Waals surface area contributed by atoms with Gasteiger partial charge >= 0.3 is 0 Å². The van der Waals surface area contributed by atoms with Gasteiger partial charge in [0.2, 0.25) is 0 Å². The van der Waals surface area contributed by atoms with Crippen LogP contribution in [0.1, 0.15) is 50.1 Å². The largest absolute Gasteiger partial charge is 0.459 e. The highest BCUT2D eigenvalue weighted by molar-refractivity contribution is 7.20. The lowest BCUT2D eigenvalue weighted by Gasteiger charge is -2.31. The zero-order valence-electron chi connectivity index (χ0n) is 16.1. The van der Waals surface area contributed by atoms with Crippen molar-refractivity contribution < 1.29 is 14.0 Å². The molecule has 4 heterocycles. The molecule has 0 unspecified atom stereocenters. The van der Waals surface area contributed by atoms with Crippen molar-refractivity contribution in [1.29, 1.82) is 0 Å². The summed E-state index contributed by atoms with van der Waals surface area (Å²) in [6.07, 6.45) is 2.95. The highest BCUT2D eigenvalue weighted by Crippen LogP contribution is 2.31. The Morgan fingerprint density at radius 3 is 2.64 bits per heavy atom. The molecule has 0 aromatic carbocycles. The van der Waals surface area contributed by atoms with E-state index in [9.17, 15) is 9.59 Å². The van der Waals surface area contributed by atoms with Crippen LogP contribution in [0.5, 0.6) is 0 Å². The predicted octanol–water partition coefficient (Wildman–Crippen LogP) is 3.24. The fourth-order valence-electron chi connectivity index (χ4n) is 3.72. The molecule has 1 saturated heterocycles. The number of piperidine rings is 1. The highest BCUT2D eigenvalue weighted by Gasteiger charge is 2.27. The number of hydrogen-bond donors (Lipinski definition) is 1. The number of carbonyl (C=O) groups excluding carboxylic acids is 2. The first-order valence-electron chi connectivity index (χ1n) is 9.32. The lowest BCUT2D eigenvalue weighted by atomic mass is 10.0. The summed E-state index contributed by atoms with van der Waals surface area (Å²) < 4.78 is 5.19. The molecule has 3 aromatic heterocycles. The number of hydrogen-bond acceptors (Lipinski definition) is 6. The number of likely N-dealkylation sites (tertiary alicyclic amines) is 1. The quantitative estimate of drug-likeness (QED) is 0.732. The smallest absolute Gasteiger partial charge is 0.289 e. The summed E-state index contributed by atoms with van der Waals surface area (Å²) >= 11 is 1.41. The molecule has 0 bridgehead atoms. The van der Waals surface area contributed by atoms with Gasteiger partial charge in [-0.05, 0) is 51.3 Å². The number of rotatable bonds is 3. The Balaban J connectivity index is 1.42. The SMILES string of the molecule is Cc1nc(C)c2c(C)c(C(=O)NC3CCN(C(=O)c4ccco4)CC3)sc2n1. The van der Waals surface area contributed by atoms with E-state index in [1.54, 1.807) is 17.0 Å². The zero-order chi connectivity index (χ0) is 19.8. The first-order valence-corrected chi connectivity index (χ1v) is 10.1. The third-order valence-corrected chi connectivity index (χ3v) is 6.32. The first kappa shape index (κ1) is 18.6. The van der Waals surface area contributed by atoms with Crippen molar-refractivity contribution in [3.05, 3.63) is 46.1 Å². The van der Waals surface area contributed by atoms with E-state index < -0.39 is 0 Å². The number of nitrogens with zero attached hydrogens (tertiary/aromatic N) is 3. The van der Waals surface area contributed by atoms with E-state index in [1.807, 2.05) is 20.8 Å². The molecule has 2 amide bonds. The molecule has 0 radical (unpaired) electrons. The van der Waals surface area contributed by atoms with Crippen LogP contribution in [0.25, 0.3) is 10.2 Å². The van der Waals surface area contributed by atoms with Gasteiger partial charge in [0.1, 0.15) is 10.7 Å². The molecule has 0 aliphatic carbocycles. The number of aryl methyl sites for hydroxylation is 3. The van der Waals surface area contributed by atoms with Crippen molar-refractivity contribution in [3.8, 4) is 0 Å². The average molecular weight is 398 g/mol. The molecular formula is C20H22N4O3S. The second kappa shape index (κ2) is 7.35. The van der Waals surface area contributed by atoms with Crippen LogP contribution >= 0.6 is 11.3 Å². The third kappa shape index (κ3) is 3.40. The molecule has 28 heavy (non-hydrogen) atoms. The van der Waals surface area contributed by atoms with Crippen molar-refractivity contribution in [3.63, 3.8) is 0 Å². The molecule has 146 valence electrons. The summed E-state index contributed by atoms with van der Waals surface area (Å²) in [6, 6.07) is 3.43. The maximum Gasteiger partial charge on any atom is 0.289 e. The number of amides is 2. The van der Waals surface area contributed by atoms with Crippen LogP contribution in [-0.4, -0.2) is 45.8 Å². The van der Waals surface area contributed by atoms with Gasteiger partial charge < -0.3 is 14.6 Å². The van der Waals surface area contributed by atoms with Crippen molar-refractivity contribution in [2.24, 2.45) is 0 Å². The zero-order valence-corrected chi connectivity index (χ0v) is 16.9. The number of aromatic nitrogens is 2. The second-order valence-corrected chi connectivity index (χ2v) is 8.11. The number of thiophene rings is 1. The molecule has 3 aromatic rings. The first-order chi connectivity index (χ1) is 13.4. The van der Waals surface area contributed by atoms with Gasteiger partial charge in [-0.15, -0.1) is 11.3 Å². The number of fused-ring (bicyclic) bond motifs is 1. The second-order valence-electron chi connectivity index (χ2n) is 7.11. The Morgan fingerprint density at radius 2 is 1.96 bits per heavy atom. The van der Waals surface area contributed by atoms with Crippen LogP contribution in [0.4, 0.5) is 0 Å². The standard InChI is InChI=1S/C20H22N4O3S/c1-11-16-12(2)21-13(3)22-19(16)28-17(11)18(25)23-14-6-8-24(9-7-14)20(26)15-5-4-10-27-15/h4-5,10,14H,6-9H2,1-3H3,(H,23,25). The van der Waals surface area contributed by atoms with Gasteiger partial charge in [0.25, 0.3) is 11.8 Å². The van der Waals surface area contributed by atoms with E-state index >= 15 is 0 Å². The normalized spacial score (nSPS) is 15.2. The third-order valence-electron chi connectivity index (χ3n) is 5.14. The summed E-state index contributed by atoms with van der Waals surface area (Å²) in [7, 11) is 0.